The fourth-order valence-corrected chi connectivity index (χ4v) is 5.95. The second-order valence-corrected chi connectivity index (χ2v) is 11.3. The molecule has 1 fully saturated rings. The topological polar surface area (TPSA) is 126 Å². The number of carbonyl (C=O) groups is 4. The monoisotopic (exact) mass is 612 g/mol. The molecule has 6 rings (SSSR count). The highest BCUT2D eigenvalue weighted by Crippen LogP contribution is 2.44. The van der Waals surface area contributed by atoms with E-state index in [1.54, 1.807) is 47.4 Å². The molecule has 11 heteroatoms. The van der Waals surface area contributed by atoms with Crippen LogP contribution in [0.15, 0.2) is 84.9 Å². The molecular formula is C33H29ClN4O6. The maximum absolute atomic E-state index is 14.1. The summed E-state index contributed by atoms with van der Waals surface area (Å²) in [5.74, 6) is -0.751. The van der Waals surface area contributed by atoms with Crippen molar-refractivity contribution in [3.63, 3.8) is 0 Å². The molecule has 2 aliphatic rings. The second-order valence-electron chi connectivity index (χ2n) is 10.8. The summed E-state index contributed by atoms with van der Waals surface area (Å²) < 4.78 is 10.4. The smallest absolute Gasteiger partial charge is 0.412 e. The number of benzene rings is 4. The Hall–Kier alpha value is -5.09. The van der Waals surface area contributed by atoms with Gasteiger partial charge in [0.15, 0.2) is 5.60 Å². The molecule has 0 radical (unpaired) electrons. The summed E-state index contributed by atoms with van der Waals surface area (Å²) >= 11 is 6.29. The van der Waals surface area contributed by atoms with Crippen LogP contribution >= 0.6 is 11.6 Å². The van der Waals surface area contributed by atoms with E-state index < -0.39 is 29.7 Å². The Morgan fingerprint density at radius 3 is 2.57 bits per heavy atom. The third kappa shape index (κ3) is 5.89. The zero-order valence-electron chi connectivity index (χ0n) is 23.8. The summed E-state index contributed by atoms with van der Waals surface area (Å²) in [4.78, 5) is 53.2. The van der Waals surface area contributed by atoms with Gasteiger partial charge in [0, 0.05) is 41.2 Å². The van der Waals surface area contributed by atoms with Gasteiger partial charge < -0.3 is 19.7 Å². The number of likely N-dealkylation sites (tertiary alicyclic amines) is 1. The maximum Gasteiger partial charge on any atom is 0.412 e. The van der Waals surface area contributed by atoms with E-state index in [2.05, 4.69) is 20.7 Å². The Bertz CT molecular complexity index is 1780. The highest BCUT2D eigenvalue weighted by molar-refractivity contribution is 6.30. The number of ether oxygens (including phenoxy) is 2. The molecule has 1 unspecified atom stereocenters. The van der Waals surface area contributed by atoms with Crippen LogP contribution in [-0.2, 0) is 26.3 Å². The molecule has 2 atom stereocenters. The average molecular weight is 613 g/mol. The van der Waals surface area contributed by atoms with E-state index in [1.807, 2.05) is 42.5 Å². The predicted molar refractivity (Wildman–Crippen MR) is 166 cm³/mol. The van der Waals surface area contributed by atoms with Crippen LogP contribution in [0.25, 0.3) is 10.8 Å². The quantitative estimate of drug-likeness (QED) is 0.256. The highest BCUT2D eigenvalue weighted by atomic mass is 35.5. The van der Waals surface area contributed by atoms with Crippen molar-refractivity contribution in [2.45, 2.75) is 24.5 Å². The minimum atomic E-state index is -1.06. The number of fused-ring (bicyclic) bond motifs is 3. The van der Waals surface area contributed by atoms with E-state index in [0.29, 0.717) is 40.5 Å². The van der Waals surface area contributed by atoms with Crippen molar-refractivity contribution in [1.29, 1.82) is 0 Å². The first-order chi connectivity index (χ1) is 21.2. The van der Waals surface area contributed by atoms with E-state index in [0.717, 1.165) is 16.3 Å². The van der Waals surface area contributed by atoms with Crippen LogP contribution in [-0.4, -0.2) is 55.1 Å². The molecule has 0 saturated carbocycles. The van der Waals surface area contributed by atoms with E-state index in [4.69, 9.17) is 16.3 Å². The van der Waals surface area contributed by atoms with Crippen molar-refractivity contribution < 1.29 is 28.7 Å². The van der Waals surface area contributed by atoms with Crippen molar-refractivity contribution in [3.8, 4) is 0 Å². The lowest BCUT2D eigenvalue weighted by Gasteiger charge is -2.35. The number of nitrogens with zero attached hydrogens (tertiary/aromatic N) is 1. The standard InChI is InChI=1S/C33H29ClN4O6/c1-43-31(41)35-25-11-8-22(9-12-25)29(39)36-28(17-20-6-7-21-4-2-3-5-23(21)16-20)30(40)38-15-14-33(19-38)26-18-24(34)10-13-27(26)37-32(42)44-33/h2-13,16,18,28H,14-15,17,19H2,1H3,(H,35,41)(H,36,39)(H,37,42)/t28-,33?/m0/s1. The van der Waals surface area contributed by atoms with Crippen molar-refractivity contribution in [2.75, 3.05) is 30.8 Å². The molecule has 4 aromatic carbocycles. The molecule has 10 nitrogen and oxygen atoms in total. The number of rotatable bonds is 6. The van der Waals surface area contributed by atoms with Crippen LogP contribution in [0.1, 0.15) is 27.9 Å². The molecule has 0 aromatic heterocycles. The summed E-state index contributed by atoms with van der Waals surface area (Å²) in [7, 11) is 1.26. The Labute approximate surface area is 258 Å². The average Bonchev–Trinajstić information content (AvgIpc) is 3.45. The number of carbonyl (C=O) groups excluding carboxylic acids is 4. The first kappa shape index (κ1) is 29.0. The summed E-state index contributed by atoms with van der Waals surface area (Å²) in [6.07, 6.45) is -0.605. The molecule has 0 aliphatic carbocycles. The number of halogens is 1. The van der Waals surface area contributed by atoms with Crippen molar-refractivity contribution in [1.82, 2.24) is 10.2 Å². The van der Waals surface area contributed by atoms with Crippen molar-refractivity contribution in [2.24, 2.45) is 0 Å². The van der Waals surface area contributed by atoms with Gasteiger partial charge in [-0.2, -0.15) is 0 Å². The summed E-state index contributed by atoms with van der Waals surface area (Å²) in [5.41, 5.74) is 1.88. The number of anilines is 2. The molecule has 0 bridgehead atoms. The van der Waals surface area contributed by atoms with E-state index in [9.17, 15) is 19.2 Å². The van der Waals surface area contributed by atoms with Gasteiger partial charge in [-0.15, -0.1) is 0 Å². The summed E-state index contributed by atoms with van der Waals surface area (Å²) in [6, 6.07) is 24.3. The minimum absolute atomic E-state index is 0.116. The van der Waals surface area contributed by atoms with Gasteiger partial charge in [-0.3, -0.25) is 20.2 Å². The molecule has 1 spiro atoms. The second kappa shape index (κ2) is 11.9. The van der Waals surface area contributed by atoms with Gasteiger partial charge in [-0.25, -0.2) is 9.59 Å². The molecule has 3 N–H and O–H groups in total. The molecule has 4 amide bonds. The molecular weight excluding hydrogens is 584 g/mol. The molecule has 2 heterocycles. The number of nitrogens with one attached hydrogen (secondary N) is 3. The van der Waals surface area contributed by atoms with Gasteiger partial charge in [0.1, 0.15) is 6.04 Å². The normalized spacial score (nSPS) is 17.8. The third-order valence-electron chi connectivity index (χ3n) is 7.98. The number of hydrogen-bond donors (Lipinski definition) is 3. The van der Waals surface area contributed by atoms with Gasteiger partial charge >= 0.3 is 12.2 Å². The van der Waals surface area contributed by atoms with Crippen LogP contribution in [0.5, 0.6) is 0 Å². The number of hydrogen-bond acceptors (Lipinski definition) is 6. The van der Waals surface area contributed by atoms with Gasteiger partial charge in [0.25, 0.3) is 5.91 Å². The lowest BCUT2D eigenvalue weighted by atomic mass is 9.90. The number of amides is 4. The van der Waals surface area contributed by atoms with Gasteiger partial charge in [0.05, 0.1) is 19.3 Å². The van der Waals surface area contributed by atoms with Crippen LogP contribution in [0.4, 0.5) is 21.0 Å². The van der Waals surface area contributed by atoms with Gasteiger partial charge in [-0.1, -0.05) is 54.1 Å². The maximum atomic E-state index is 14.1. The largest absolute Gasteiger partial charge is 0.453 e. The van der Waals surface area contributed by atoms with E-state index >= 15 is 0 Å². The van der Waals surface area contributed by atoms with Gasteiger partial charge in [-0.05, 0) is 58.8 Å². The minimum Gasteiger partial charge on any atom is -0.453 e. The highest BCUT2D eigenvalue weighted by Gasteiger charge is 2.49. The first-order valence-corrected chi connectivity index (χ1v) is 14.4. The SMILES string of the molecule is COC(=O)Nc1ccc(C(=O)N[C@@H](Cc2ccc3ccccc3c2)C(=O)N2CCC3(C2)OC(=O)Nc2ccc(Cl)cc23)cc1. The predicted octanol–water partition coefficient (Wildman–Crippen LogP) is 5.70. The Morgan fingerprint density at radius 2 is 1.80 bits per heavy atom. The summed E-state index contributed by atoms with van der Waals surface area (Å²) in [5, 5.41) is 10.7. The zero-order chi connectivity index (χ0) is 30.8. The van der Waals surface area contributed by atoms with E-state index in [-0.39, 0.29) is 18.9 Å². The molecule has 2 aliphatic heterocycles. The number of methoxy groups -OCH3 is 1. The fraction of sp³-hybridized carbons (Fsp3) is 0.212. The molecule has 44 heavy (non-hydrogen) atoms. The van der Waals surface area contributed by atoms with Crippen LogP contribution in [0.2, 0.25) is 5.02 Å². The third-order valence-corrected chi connectivity index (χ3v) is 8.21. The zero-order valence-corrected chi connectivity index (χ0v) is 24.5. The summed E-state index contributed by atoms with van der Waals surface area (Å²) in [6.45, 7) is 0.431. The van der Waals surface area contributed by atoms with E-state index in [1.165, 1.54) is 7.11 Å². The Kier molecular flexibility index (Phi) is 7.84. The molecule has 1 saturated heterocycles. The lowest BCUT2D eigenvalue weighted by molar-refractivity contribution is -0.133. The van der Waals surface area contributed by atoms with Crippen LogP contribution in [0.3, 0.4) is 0 Å². The van der Waals surface area contributed by atoms with Crippen molar-refractivity contribution in [3.05, 3.63) is 107 Å². The first-order valence-electron chi connectivity index (χ1n) is 14.1. The van der Waals surface area contributed by atoms with Crippen LogP contribution in [0, 0.1) is 0 Å². The molecule has 4 aromatic rings. The Morgan fingerprint density at radius 1 is 1.02 bits per heavy atom. The Balaban J connectivity index is 1.26. The van der Waals surface area contributed by atoms with Crippen LogP contribution < -0.4 is 16.0 Å². The molecule has 224 valence electrons. The fourth-order valence-electron chi connectivity index (χ4n) is 5.78. The van der Waals surface area contributed by atoms with Crippen molar-refractivity contribution >= 4 is 57.7 Å². The lowest BCUT2D eigenvalue weighted by Crippen LogP contribution is -2.50. The van der Waals surface area contributed by atoms with Gasteiger partial charge in [0.2, 0.25) is 5.91 Å².